The number of hydrogen-bond donors (Lipinski definition) is 1. The number of fused-ring (bicyclic) bond motifs is 1. The standard InChI is InChI=1S/C20H13ClN6O2S/c21-13-8-6-12(7-9-13)17-23-16(29-26-17)11-30-20-24-18-15(10-22-25-18)19(28)27(20)14-4-2-1-3-5-14/h1-10H,11H2,(H,22,25). The van der Waals surface area contributed by atoms with E-state index in [-0.39, 0.29) is 5.56 Å². The highest BCUT2D eigenvalue weighted by Gasteiger charge is 2.16. The molecule has 1 N–H and O–H groups in total. The molecule has 10 heteroatoms. The zero-order chi connectivity index (χ0) is 20.5. The molecule has 3 aromatic heterocycles. The van der Waals surface area contributed by atoms with Crippen molar-refractivity contribution in [2.24, 2.45) is 0 Å². The second-order valence-corrected chi connectivity index (χ2v) is 7.69. The lowest BCUT2D eigenvalue weighted by molar-refractivity contribution is 0.391. The number of halogens is 1. The fourth-order valence-corrected chi connectivity index (χ4v) is 3.90. The Balaban J connectivity index is 1.47. The molecule has 0 aliphatic carbocycles. The summed E-state index contributed by atoms with van der Waals surface area (Å²) in [6, 6.07) is 16.5. The number of H-pyrrole nitrogens is 1. The van der Waals surface area contributed by atoms with Gasteiger partial charge in [0, 0.05) is 10.6 Å². The molecule has 5 rings (SSSR count). The minimum Gasteiger partial charge on any atom is -0.338 e. The number of hydrogen-bond acceptors (Lipinski definition) is 7. The summed E-state index contributed by atoms with van der Waals surface area (Å²) < 4.78 is 6.92. The Morgan fingerprint density at radius 3 is 2.67 bits per heavy atom. The Hall–Kier alpha value is -3.43. The van der Waals surface area contributed by atoms with Crippen molar-refractivity contribution in [1.29, 1.82) is 0 Å². The number of thioether (sulfide) groups is 1. The first-order chi connectivity index (χ1) is 14.7. The molecule has 0 amide bonds. The summed E-state index contributed by atoms with van der Waals surface area (Å²) >= 11 is 7.25. The first-order valence-corrected chi connectivity index (χ1v) is 10.3. The van der Waals surface area contributed by atoms with Gasteiger partial charge < -0.3 is 4.52 Å². The smallest absolute Gasteiger partial charge is 0.269 e. The van der Waals surface area contributed by atoms with Crippen molar-refractivity contribution in [3.8, 4) is 17.1 Å². The molecule has 0 saturated heterocycles. The van der Waals surface area contributed by atoms with Crippen LogP contribution in [0.25, 0.3) is 28.1 Å². The molecule has 148 valence electrons. The number of rotatable bonds is 5. The molecule has 0 aliphatic rings. The molecule has 30 heavy (non-hydrogen) atoms. The summed E-state index contributed by atoms with van der Waals surface area (Å²) in [6.07, 6.45) is 1.48. The van der Waals surface area contributed by atoms with Crippen molar-refractivity contribution < 1.29 is 4.52 Å². The highest BCUT2D eigenvalue weighted by molar-refractivity contribution is 7.98. The maximum absolute atomic E-state index is 13.0. The summed E-state index contributed by atoms with van der Waals surface area (Å²) in [6.45, 7) is 0. The number of nitrogens with zero attached hydrogens (tertiary/aromatic N) is 5. The predicted molar refractivity (Wildman–Crippen MR) is 114 cm³/mol. The molecular formula is C20H13ClN6O2S. The lowest BCUT2D eigenvalue weighted by atomic mass is 10.2. The van der Waals surface area contributed by atoms with E-state index in [2.05, 4.69) is 25.3 Å². The van der Waals surface area contributed by atoms with Crippen LogP contribution in [0.4, 0.5) is 0 Å². The zero-order valence-corrected chi connectivity index (χ0v) is 16.9. The van der Waals surface area contributed by atoms with Gasteiger partial charge in [-0.25, -0.2) is 4.98 Å². The van der Waals surface area contributed by atoms with Crippen LogP contribution in [0.15, 0.2) is 75.3 Å². The van der Waals surface area contributed by atoms with Crippen LogP contribution >= 0.6 is 23.4 Å². The molecule has 0 radical (unpaired) electrons. The van der Waals surface area contributed by atoms with E-state index in [1.807, 2.05) is 42.5 Å². The van der Waals surface area contributed by atoms with Crippen LogP contribution in [0.1, 0.15) is 5.89 Å². The topological polar surface area (TPSA) is 102 Å². The maximum atomic E-state index is 13.0. The van der Waals surface area contributed by atoms with Gasteiger partial charge in [0.15, 0.2) is 10.8 Å². The molecular weight excluding hydrogens is 424 g/mol. The Morgan fingerprint density at radius 2 is 1.87 bits per heavy atom. The largest absolute Gasteiger partial charge is 0.338 e. The van der Waals surface area contributed by atoms with Gasteiger partial charge >= 0.3 is 0 Å². The molecule has 3 heterocycles. The van der Waals surface area contributed by atoms with Gasteiger partial charge in [-0.05, 0) is 36.4 Å². The van der Waals surface area contributed by atoms with E-state index in [4.69, 9.17) is 16.1 Å². The van der Waals surface area contributed by atoms with Crippen molar-refractivity contribution >= 4 is 34.4 Å². The van der Waals surface area contributed by atoms with E-state index in [0.29, 0.717) is 44.4 Å². The maximum Gasteiger partial charge on any atom is 0.269 e. The van der Waals surface area contributed by atoms with E-state index >= 15 is 0 Å². The number of benzene rings is 2. The summed E-state index contributed by atoms with van der Waals surface area (Å²) in [5.74, 6) is 1.24. The minimum absolute atomic E-state index is 0.199. The van der Waals surface area contributed by atoms with E-state index in [0.717, 1.165) is 5.56 Å². The molecule has 0 spiro atoms. The quantitative estimate of drug-likeness (QED) is 0.326. The van der Waals surface area contributed by atoms with Gasteiger partial charge in [-0.3, -0.25) is 14.5 Å². The molecule has 8 nitrogen and oxygen atoms in total. The van der Waals surface area contributed by atoms with Crippen molar-refractivity contribution in [1.82, 2.24) is 29.9 Å². The van der Waals surface area contributed by atoms with Gasteiger partial charge in [-0.2, -0.15) is 10.1 Å². The highest BCUT2D eigenvalue weighted by atomic mass is 35.5. The second-order valence-electron chi connectivity index (χ2n) is 6.31. The number of aromatic amines is 1. The molecule has 0 saturated carbocycles. The normalized spacial score (nSPS) is 11.2. The third kappa shape index (κ3) is 3.49. The van der Waals surface area contributed by atoms with Crippen LogP contribution in [0.3, 0.4) is 0 Å². The van der Waals surface area contributed by atoms with Crippen LogP contribution in [-0.2, 0) is 5.75 Å². The van der Waals surface area contributed by atoms with E-state index in [1.54, 1.807) is 16.7 Å². The summed E-state index contributed by atoms with van der Waals surface area (Å²) in [4.78, 5) is 22.0. The first-order valence-electron chi connectivity index (χ1n) is 8.92. The van der Waals surface area contributed by atoms with Crippen molar-refractivity contribution in [2.45, 2.75) is 10.9 Å². The van der Waals surface area contributed by atoms with Crippen LogP contribution in [0, 0.1) is 0 Å². The van der Waals surface area contributed by atoms with E-state index < -0.39 is 0 Å². The third-order valence-electron chi connectivity index (χ3n) is 4.36. The molecule has 0 unspecified atom stereocenters. The molecule has 0 bridgehead atoms. The number of aromatic nitrogens is 6. The van der Waals surface area contributed by atoms with Gasteiger partial charge in [-0.15, -0.1) is 0 Å². The van der Waals surface area contributed by atoms with Gasteiger partial charge in [0.05, 0.1) is 17.6 Å². The highest BCUT2D eigenvalue weighted by Crippen LogP contribution is 2.25. The monoisotopic (exact) mass is 436 g/mol. The second kappa shape index (κ2) is 7.77. The van der Waals surface area contributed by atoms with Crippen LogP contribution < -0.4 is 5.56 Å². The van der Waals surface area contributed by atoms with Gasteiger partial charge in [0.25, 0.3) is 5.56 Å². The number of para-hydroxylation sites is 1. The lowest BCUT2D eigenvalue weighted by Crippen LogP contribution is -2.21. The average Bonchev–Trinajstić information content (AvgIpc) is 3.43. The SMILES string of the molecule is O=c1c2cn[nH]c2nc(SCc2nc(-c3ccc(Cl)cc3)no2)n1-c1ccccc1. The molecule has 2 aromatic carbocycles. The molecule has 0 fully saturated rings. The Bertz CT molecular complexity index is 1380. The summed E-state index contributed by atoms with van der Waals surface area (Å²) in [5, 5.41) is 12.3. The lowest BCUT2D eigenvalue weighted by Gasteiger charge is -2.10. The van der Waals surface area contributed by atoms with Crippen LogP contribution in [0.2, 0.25) is 5.02 Å². The molecule has 5 aromatic rings. The van der Waals surface area contributed by atoms with E-state index in [9.17, 15) is 4.79 Å². The fraction of sp³-hybridized carbons (Fsp3) is 0.0500. The van der Waals surface area contributed by atoms with Gasteiger partial charge in [0.2, 0.25) is 11.7 Å². The zero-order valence-electron chi connectivity index (χ0n) is 15.3. The van der Waals surface area contributed by atoms with Gasteiger partial charge in [0.1, 0.15) is 5.39 Å². The Labute approximate surface area is 178 Å². The number of nitrogens with one attached hydrogen (secondary N) is 1. The van der Waals surface area contributed by atoms with Crippen molar-refractivity contribution in [2.75, 3.05) is 0 Å². The average molecular weight is 437 g/mol. The van der Waals surface area contributed by atoms with Crippen molar-refractivity contribution in [3.63, 3.8) is 0 Å². The third-order valence-corrected chi connectivity index (χ3v) is 5.54. The molecule has 0 atom stereocenters. The van der Waals surface area contributed by atoms with E-state index in [1.165, 1.54) is 18.0 Å². The van der Waals surface area contributed by atoms with Crippen LogP contribution in [-0.4, -0.2) is 29.9 Å². The Kier molecular flexibility index (Phi) is 4.82. The van der Waals surface area contributed by atoms with Crippen LogP contribution in [0.5, 0.6) is 0 Å². The van der Waals surface area contributed by atoms with Crippen molar-refractivity contribution in [3.05, 3.63) is 82.1 Å². The molecule has 0 aliphatic heterocycles. The first kappa shape index (κ1) is 18.6. The Morgan fingerprint density at radius 1 is 1.07 bits per heavy atom. The fourth-order valence-electron chi connectivity index (χ4n) is 2.93. The van der Waals surface area contributed by atoms with Gasteiger partial charge in [-0.1, -0.05) is 46.7 Å². The summed E-state index contributed by atoms with van der Waals surface area (Å²) in [7, 11) is 0. The minimum atomic E-state index is -0.199. The predicted octanol–water partition coefficient (Wildman–Crippen LogP) is 4.10. The summed E-state index contributed by atoms with van der Waals surface area (Å²) in [5.41, 5.74) is 1.75.